The molecule has 0 aliphatic carbocycles. The summed E-state index contributed by atoms with van der Waals surface area (Å²) < 4.78 is 0. The van der Waals surface area contributed by atoms with E-state index in [9.17, 15) is 4.79 Å². The molecule has 0 spiro atoms. The number of fused-ring (bicyclic) bond motifs is 1. The number of hydrogen-bond acceptors (Lipinski definition) is 5. The molecule has 128 valence electrons. The van der Waals surface area contributed by atoms with Crippen molar-refractivity contribution in [2.75, 3.05) is 13.6 Å². The molecule has 0 aliphatic rings. The molecule has 1 heterocycles. The first-order valence-corrected chi connectivity index (χ1v) is 7.61. The van der Waals surface area contributed by atoms with Crippen LogP contribution in [0.4, 0.5) is 0 Å². The van der Waals surface area contributed by atoms with E-state index in [0.29, 0.717) is 19.4 Å². The molecule has 0 saturated heterocycles. The van der Waals surface area contributed by atoms with Crippen molar-refractivity contribution in [3.05, 3.63) is 42.1 Å². The van der Waals surface area contributed by atoms with E-state index < -0.39 is 12.0 Å². The Morgan fingerprint density at radius 1 is 1.42 bits per heavy atom. The predicted molar refractivity (Wildman–Crippen MR) is 96.6 cm³/mol. The molecule has 2 rings (SSSR count). The van der Waals surface area contributed by atoms with E-state index in [1.807, 2.05) is 36.5 Å². The van der Waals surface area contributed by atoms with Gasteiger partial charge < -0.3 is 15.8 Å². The molecule has 0 amide bonds. The zero-order valence-corrected chi connectivity index (χ0v) is 13.6. The molecule has 1 aromatic carbocycles. The van der Waals surface area contributed by atoms with E-state index in [1.54, 1.807) is 6.08 Å². The molecule has 0 radical (unpaired) electrons. The van der Waals surface area contributed by atoms with Gasteiger partial charge in [-0.1, -0.05) is 18.2 Å². The van der Waals surface area contributed by atoms with Crippen LogP contribution in [-0.2, 0) is 4.79 Å². The number of nitrogens with zero attached hydrogens (tertiary/aromatic N) is 2. The lowest BCUT2D eigenvalue weighted by atomic mass is 10.1. The molecule has 7 nitrogen and oxygen atoms in total. The van der Waals surface area contributed by atoms with Crippen molar-refractivity contribution in [3.8, 4) is 0 Å². The second kappa shape index (κ2) is 10.8. The average molecular weight is 329 g/mol. The Morgan fingerprint density at radius 2 is 2.21 bits per heavy atom. The smallest absolute Gasteiger partial charge is 0.328 e. The Morgan fingerprint density at radius 3 is 2.92 bits per heavy atom. The number of carbonyl (C=O) groups is 1. The maximum absolute atomic E-state index is 11.1. The fourth-order valence-corrected chi connectivity index (χ4v) is 2.10. The summed E-state index contributed by atoms with van der Waals surface area (Å²) in [6.45, 7) is 0.339. The van der Waals surface area contributed by atoms with Crippen molar-refractivity contribution in [2.24, 2.45) is 15.8 Å². The van der Waals surface area contributed by atoms with E-state index in [0.717, 1.165) is 16.5 Å². The molecular formula is C17H23N5O2. The third-order valence-electron chi connectivity index (χ3n) is 3.25. The number of aromatic nitrogens is 1. The Hall–Kier alpha value is -2.80. The van der Waals surface area contributed by atoms with Gasteiger partial charge in [-0.15, -0.1) is 0 Å². The molecule has 5 N–H and O–H groups in total. The van der Waals surface area contributed by atoms with Crippen molar-refractivity contribution in [3.63, 3.8) is 0 Å². The van der Waals surface area contributed by atoms with Gasteiger partial charge in [-0.3, -0.25) is 4.99 Å². The molecule has 1 aromatic heterocycles. The maximum Gasteiger partial charge on any atom is 0.328 e. The minimum absolute atomic E-state index is 0.339. The van der Waals surface area contributed by atoms with Gasteiger partial charge in [-0.2, -0.15) is 5.11 Å². The highest BCUT2D eigenvalue weighted by Crippen LogP contribution is 2.14. The van der Waals surface area contributed by atoms with Crippen molar-refractivity contribution in [1.29, 1.82) is 5.53 Å². The van der Waals surface area contributed by atoms with E-state index in [4.69, 9.17) is 10.6 Å². The number of allylic oxidation sites excluding steroid dienone is 1. The van der Waals surface area contributed by atoms with Crippen LogP contribution >= 0.6 is 0 Å². The first-order chi connectivity index (χ1) is 11.7. The van der Waals surface area contributed by atoms with Crippen molar-refractivity contribution < 1.29 is 9.90 Å². The van der Waals surface area contributed by atoms with E-state index in [1.165, 1.54) is 13.3 Å². The highest BCUT2D eigenvalue weighted by molar-refractivity contribution is 5.85. The summed E-state index contributed by atoms with van der Waals surface area (Å²) in [6.07, 6.45) is 7.94. The van der Waals surface area contributed by atoms with Crippen molar-refractivity contribution >= 4 is 29.2 Å². The zero-order chi connectivity index (χ0) is 17.8. The minimum atomic E-state index is -0.956. The molecule has 1 unspecified atom stereocenters. The molecule has 0 aliphatic heterocycles. The highest BCUT2D eigenvalue weighted by atomic mass is 16.4. The molecule has 2 aromatic rings. The van der Waals surface area contributed by atoms with E-state index >= 15 is 0 Å². The number of aliphatic carboxylic acids is 1. The molecule has 24 heavy (non-hydrogen) atoms. The van der Waals surface area contributed by atoms with Gasteiger partial charge in [0.15, 0.2) is 0 Å². The SMILES string of the molecule is CN.N=NCCCC(N=C/C=C/c1ccc2cc[nH]c2c1)C(=O)O. The largest absolute Gasteiger partial charge is 0.480 e. The standard InChI is InChI=1S/C16H18N4O2.CH5N/c17-20-9-2-4-14(16(21)22)18-8-1-3-12-5-6-13-7-10-19-15(13)11-12;1-2/h1,3,5-8,10-11,14,17,19H,2,4,9H2,(H,21,22);2H2,1H3/b3-1+,18-8?,20-17?;. The van der Waals surface area contributed by atoms with Gasteiger partial charge in [0.1, 0.15) is 6.04 Å². The van der Waals surface area contributed by atoms with Crippen LogP contribution in [0.3, 0.4) is 0 Å². The second-order valence-electron chi connectivity index (χ2n) is 4.86. The Bertz CT molecular complexity index is 706. The quantitative estimate of drug-likeness (QED) is 0.337. The summed E-state index contributed by atoms with van der Waals surface area (Å²) in [5.41, 5.74) is 13.3. The number of carboxylic acid groups (broad SMARTS) is 1. The van der Waals surface area contributed by atoms with Gasteiger partial charge >= 0.3 is 5.97 Å². The third kappa shape index (κ3) is 6.13. The van der Waals surface area contributed by atoms with Crippen molar-refractivity contribution in [2.45, 2.75) is 18.9 Å². The number of rotatable bonds is 8. The van der Waals surface area contributed by atoms with Crippen molar-refractivity contribution in [1.82, 2.24) is 4.98 Å². The monoisotopic (exact) mass is 329 g/mol. The zero-order valence-electron chi connectivity index (χ0n) is 13.6. The summed E-state index contributed by atoms with van der Waals surface area (Å²) in [5.74, 6) is -0.956. The Labute approximate surface area is 140 Å². The molecule has 7 heteroatoms. The van der Waals surface area contributed by atoms with Gasteiger partial charge in [0, 0.05) is 17.9 Å². The fourth-order valence-electron chi connectivity index (χ4n) is 2.10. The third-order valence-corrected chi connectivity index (χ3v) is 3.25. The predicted octanol–water partition coefficient (Wildman–Crippen LogP) is 3.09. The van der Waals surface area contributed by atoms with Crippen LogP contribution in [0.5, 0.6) is 0 Å². The number of aliphatic imine (C=N–C) groups is 1. The van der Waals surface area contributed by atoms with Gasteiger partial charge in [-0.25, -0.2) is 10.3 Å². The van der Waals surface area contributed by atoms with Gasteiger partial charge in [0.05, 0.1) is 6.54 Å². The van der Waals surface area contributed by atoms with Crippen LogP contribution in [0.15, 0.2) is 46.6 Å². The first kappa shape index (κ1) is 19.2. The number of H-pyrrole nitrogens is 1. The number of nitrogens with one attached hydrogen (secondary N) is 2. The number of benzene rings is 1. The van der Waals surface area contributed by atoms with Crippen LogP contribution in [0.2, 0.25) is 0 Å². The lowest BCUT2D eigenvalue weighted by Crippen LogP contribution is -2.18. The number of hydrogen-bond donors (Lipinski definition) is 4. The second-order valence-corrected chi connectivity index (χ2v) is 4.86. The van der Waals surface area contributed by atoms with E-state index in [2.05, 4.69) is 20.8 Å². The summed E-state index contributed by atoms with van der Waals surface area (Å²) in [5, 5.41) is 13.4. The van der Waals surface area contributed by atoms with Crippen LogP contribution < -0.4 is 5.73 Å². The normalized spacial score (nSPS) is 12.2. The van der Waals surface area contributed by atoms with Crippen LogP contribution in [0, 0.1) is 5.53 Å². The van der Waals surface area contributed by atoms with Crippen LogP contribution in [-0.4, -0.2) is 41.9 Å². The summed E-state index contributed by atoms with van der Waals surface area (Å²) >= 11 is 0. The van der Waals surface area contributed by atoms with Crippen LogP contribution in [0.1, 0.15) is 18.4 Å². The minimum Gasteiger partial charge on any atom is -0.480 e. The molecule has 0 fully saturated rings. The average Bonchev–Trinajstić information content (AvgIpc) is 3.06. The molecule has 0 saturated carbocycles. The number of nitrogens with two attached hydrogens (primary N) is 1. The van der Waals surface area contributed by atoms with E-state index in [-0.39, 0.29) is 0 Å². The van der Waals surface area contributed by atoms with Crippen LogP contribution in [0.25, 0.3) is 17.0 Å². The number of aromatic amines is 1. The Kier molecular flexibility index (Phi) is 8.70. The fraction of sp³-hybridized carbons (Fsp3) is 0.294. The molecule has 1 atom stereocenters. The van der Waals surface area contributed by atoms with Gasteiger partial charge in [0.25, 0.3) is 0 Å². The Balaban J connectivity index is 0.00000139. The number of carboxylic acids is 1. The lowest BCUT2D eigenvalue weighted by molar-refractivity contribution is -0.138. The molecular weight excluding hydrogens is 306 g/mol. The summed E-state index contributed by atoms with van der Waals surface area (Å²) in [6, 6.07) is 7.25. The lowest BCUT2D eigenvalue weighted by Gasteiger charge is -2.04. The summed E-state index contributed by atoms with van der Waals surface area (Å²) in [4.78, 5) is 18.2. The van der Waals surface area contributed by atoms with Gasteiger partial charge in [-0.05, 0) is 49.0 Å². The topological polar surface area (TPSA) is 128 Å². The highest BCUT2D eigenvalue weighted by Gasteiger charge is 2.13. The maximum atomic E-state index is 11.1. The van der Waals surface area contributed by atoms with Gasteiger partial charge in [0.2, 0.25) is 0 Å². The summed E-state index contributed by atoms with van der Waals surface area (Å²) in [7, 11) is 1.50. The molecule has 0 bridgehead atoms. The first-order valence-electron chi connectivity index (χ1n) is 7.61.